The van der Waals surface area contributed by atoms with E-state index < -0.39 is 22.0 Å². The molecule has 1 amide bonds. The number of aryl methyl sites for hydroxylation is 1. The summed E-state index contributed by atoms with van der Waals surface area (Å²) in [6.45, 7) is 2.75. The molecule has 0 N–H and O–H groups in total. The highest BCUT2D eigenvalue weighted by Crippen LogP contribution is 2.17. The Kier molecular flexibility index (Phi) is 5.29. The van der Waals surface area contributed by atoms with Gasteiger partial charge in [-0.05, 0) is 24.6 Å². The Morgan fingerprint density at radius 3 is 2.50 bits per heavy atom. The van der Waals surface area contributed by atoms with Crippen molar-refractivity contribution in [2.24, 2.45) is 0 Å². The van der Waals surface area contributed by atoms with Gasteiger partial charge in [0.2, 0.25) is 9.84 Å². The highest BCUT2D eigenvalue weighted by molar-refractivity contribution is 7.96. The van der Waals surface area contributed by atoms with Gasteiger partial charge in [-0.2, -0.15) is 0 Å². The smallest absolute Gasteiger partial charge is 0.410 e. The van der Waals surface area contributed by atoms with Crippen molar-refractivity contribution in [1.29, 1.82) is 0 Å². The van der Waals surface area contributed by atoms with Crippen LogP contribution in [0, 0.1) is 18.1 Å². The molecule has 1 aliphatic heterocycles. The van der Waals surface area contributed by atoms with Crippen molar-refractivity contribution in [1.82, 2.24) is 4.90 Å². The Morgan fingerprint density at radius 2 is 1.81 bits per heavy atom. The quantitative estimate of drug-likeness (QED) is 0.613. The van der Waals surface area contributed by atoms with Crippen molar-refractivity contribution >= 4 is 15.9 Å². The molecule has 2 aromatic rings. The van der Waals surface area contributed by atoms with Crippen molar-refractivity contribution in [3.8, 4) is 11.2 Å². The van der Waals surface area contributed by atoms with Gasteiger partial charge in [-0.15, -0.1) is 0 Å². The lowest BCUT2D eigenvalue weighted by molar-refractivity contribution is 0.133. The maximum Gasteiger partial charge on any atom is 0.410 e. The zero-order valence-electron chi connectivity index (χ0n) is 14.4. The average Bonchev–Trinajstić information content (AvgIpc) is 2.95. The first-order chi connectivity index (χ1) is 12.4. The highest BCUT2D eigenvalue weighted by atomic mass is 32.2. The molecular formula is C20H19NO4S. The predicted octanol–water partition coefficient (Wildman–Crippen LogP) is 3.14. The molecule has 0 bridgehead atoms. The summed E-state index contributed by atoms with van der Waals surface area (Å²) in [6, 6.07) is 16.2. The fourth-order valence-electron chi connectivity index (χ4n) is 2.64. The van der Waals surface area contributed by atoms with Gasteiger partial charge in [-0.3, -0.25) is 0 Å². The molecular weight excluding hydrogens is 350 g/mol. The third-order valence-electron chi connectivity index (χ3n) is 4.03. The minimum atomic E-state index is -3.66. The van der Waals surface area contributed by atoms with Crippen LogP contribution in [0.5, 0.6) is 0 Å². The monoisotopic (exact) mass is 369 g/mol. The van der Waals surface area contributed by atoms with E-state index >= 15 is 0 Å². The van der Waals surface area contributed by atoms with Gasteiger partial charge >= 0.3 is 6.09 Å². The van der Waals surface area contributed by atoms with E-state index in [4.69, 9.17) is 4.74 Å². The molecule has 3 rings (SSSR count). The van der Waals surface area contributed by atoms with E-state index in [1.807, 2.05) is 37.3 Å². The predicted molar refractivity (Wildman–Crippen MR) is 97.9 cm³/mol. The SMILES string of the molecule is Cc1ccc(S(=O)(=O)C#CCC2CN(Cc3ccccc3)C(=O)O2)cc1. The van der Waals surface area contributed by atoms with Gasteiger partial charge in [-0.25, -0.2) is 13.2 Å². The van der Waals surface area contributed by atoms with Crippen molar-refractivity contribution < 1.29 is 17.9 Å². The van der Waals surface area contributed by atoms with Crippen LogP contribution < -0.4 is 0 Å². The first-order valence-electron chi connectivity index (χ1n) is 8.25. The summed E-state index contributed by atoms with van der Waals surface area (Å²) in [6.07, 6.45) is -0.642. The molecule has 1 atom stereocenters. The van der Waals surface area contributed by atoms with Gasteiger partial charge < -0.3 is 9.64 Å². The van der Waals surface area contributed by atoms with Gasteiger partial charge in [0.25, 0.3) is 0 Å². The van der Waals surface area contributed by atoms with Crippen LogP contribution in [0.25, 0.3) is 0 Å². The van der Waals surface area contributed by atoms with E-state index in [-0.39, 0.29) is 11.3 Å². The molecule has 5 nitrogen and oxygen atoms in total. The molecule has 0 aliphatic carbocycles. The Bertz CT molecular complexity index is 941. The number of cyclic esters (lactones) is 1. The maximum absolute atomic E-state index is 12.2. The fraction of sp³-hybridized carbons (Fsp3) is 0.250. The minimum Gasteiger partial charge on any atom is -0.443 e. The Balaban J connectivity index is 1.60. The second-order valence-electron chi connectivity index (χ2n) is 6.17. The van der Waals surface area contributed by atoms with Gasteiger partial charge in [0.05, 0.1) is 11.4 Å². The summed E-state index contributed by atoms with van der Waals surface area (Å²) in [5.41, 5.74) is 1.99. The molecule has 1 fully saturated rings. The van der Waals surface area contributed by atoms with Crippen molar-refractivity contribution in [2.45, 2.75) is 30.9 Å². The molecule has 1 aliphatic rings. The van der Waals surface area contributed by atoms with Crippen LogP contribution in [0.3, 0.4) is 0 Å². The van der Waals surface area contributed by atoms with Gasteiger partial charge in [-0.1, -0.05) is 53.9 Å². The van der Waals surface area contributed by atoms with Crippen LogP contribution in [-0.4, -0.2) is 32.1 Å². The number of hydrogen-bond acceptors (Lipinski definition) is 4. The largest absolute Gasteiger partial charge is 0.443 e. The van der Waals surface area contributed by atoms with E-state index in [9.17, 15) is 13.2 Å². The van der Waals surface area contributed by atoms with Crippen molar-refractivity contribution in [2.75, 3.05) is 6.54 Å². The highest BCUT2D eigenvalue weighted by Gasteiger charge is 2.30. The lowest BCUT2D eigenvalue weighted by Gasteiger charge is -2.12. The third-order valence-corrected chi connectivity index (χ3v) is 5.34. The molecule has 0 radical (unpaired) electrons. The minimum absolute atomic E-state index is 0.171. The lowest BCUT2D eigenvalue weighted by Crippen LogP contribution is -2.24. The van der Waals surface area contributed by atoms with Crippen LogP contribution in [0.4, 0.5) is 4.79 Å². The van der Waals surface area contributed by atoms with Crippen LogP contribution >= 0.6 is 0 Å². The lowest BCUT2D eigenvalue weighted by atomic mass is 10.2. The van der Waals surface area contributed by atoms with E-state index in [0.717, 1.165) is 11.1 Å². The van der Waals surface area contributed by atoms with Gasteiger partial charge in [0.1, 0.15) is 6.10 Å². The second kappa shape index (κ2) is 7.63. The number of carbonyl (C=O) groups excluding carboxylic acids is 1. The van der Waals surface area contributed by atoms with Crippen molar-refractivity contribution in [3.05, 3.63) is 65.7 Å². The number of ether oxygens (including phenoxy) is 1. The summed E-state index contributed by atoms with van der Waals surface area (Å²) in [5, 5.41) is 2.31. The molecule has 0 aromatic heterocycles. The van der Waals surface area contributed by atoms with Gasteiger partial charge in [0.15, 0.2) is 0 Å². The summed E-state index contributed by atoms with van der Waals surface area (Å²) in [5.74, 6) is 2.64. The van der Waals surface area contributed by atoms with Crippen LogP contribution in [-0.2, 0) is 21.1 Å². The summed E-state index contributed by atoms with van der Waals surface area (Å²) < 4.78 is 29.7. The average molecular weight is 369 g/mol. The van der Waals surface area contributed by atoms with Crippen LogP contribution in [0.1, 0.15) is 17.5 Å². The molecule has 0 saturated carbocycles. The fourth-order valence-corrected chi connectivity index (χ4v) is 3.53. The number of amides is 1. The molecule has 2 aromatic carbocycles. The van der Waals surface area contributed by atoms with Crippen LogP contribution in [0.2, 0.25) is 0 Å². The Labute approximate surface area is 153 Å². The molecule has 1 heterocycles. The van der Waals surface area contributed by atoms with Crippen LogP contribution in [0.15, 0.2) is 59.5 Å². The molecule has 6 heteroatoms. The third kappa shape index (κ3) is 4.44. The number of nitrogens with zero attached hydrogens (tertiary/aromatic N) is 1. The number of carbonyl (C=O) groups is 1. The van der Waals surface area contributed by atoms with E-state index in [1.165, 1.54) is 12.1 Å². The number of rotatable bonds is 4. The molecule has 26 heavy (non-hydrogen) atoms. The first kappa shape index (κ1) is 18.0. The Morgan fingerprint density at radius 1 is 1.12 bits per heavy atom. The number of sulfone groups is 1. The number of hydrogen-bond donors (Lipinski definition) is 0. The second-order valence-corrected chi connectivity index (χ2v) is 7.85. The summed E-state index contributed by atoms with van der Waals surface area (Å²) in [4.78, 5) is 13.7. The standard InChI is InChI=1S/C20H19NO4S/c1-16-9-11-19(12-10-16)26(23,24)13-5-8-18-15-21(20(22)25-18)14-17-6-3-2-4-7-17/h2-4,6-7,9-12,18H,8,14-15H2,1H3. The molecule has 0 spiro atoms. The zero-order chi connectivity index (χ0) is 18.6. The summed E-state index contributed by atoms with van der Waals surface area (Å²) in [7, 11) is -3.66. The summed E-state index contributed by atoms with van der Waals surface area (Å²) >= 11 is 0. The van der Waals surface area contributed by atoms with E-state index in [2.05, 4.69) is 11.2 Å². The van der Waals surface area contributed by atoms with Gasteiger partial charge in [0, 0.05) is 18.2 Å². The first-order valence-corrected chi connectivity index (χ1v) is 9.73. The number of benzene rings is 2. The normalized spacial score (nSPS) is 16.7. The Hall–Kier alpha value is -2.78. The maximum atomic E-state index is 12.2. The van der Waals surface area contributed by atoms with Crippen molar-refractivity contribution in [3.63, 3.8) is 0 Å². The molecule has 1 saturated heterocycles. The molecule has 1 unspecified atom stereocenters. The zero-order valence-corrected chi connectivity index (χ0v) is 15.2. The molecule has 134 valence electrons. The topological polar surface area (TPSA) is 63.7 Å². The van der Waals surface area contributed by atoms with E-state index in [1.54, 1.807) is 17.0 Å². The van der Waals surface area contributed by atoms with E-state index in [0.29, 0.717) is 13.1 Å².